The number of hydrogen-bond donors (Lipinski definition) is 1. The number of carbonyl (C=O) groups excluding carboxylic acids is 1. The number of aryl methyl sites for hydroxylation is 1. The molecule has 3 nitrogen and oxygen atoms in total. The van der Waals surface area contributed by atoms with Gasteiger partial charge in [0.05, 0.1) is 0 Å². The van der Waals surface area contributed by atoms with Gasteiger partial charge in [-0.05, 0) is 37.3 Å². The van der Waals surface area contributed by atoms with Crippen LogP contribution in [0.2, 0.25) is 5.02 Å². The highest BCUT2D eigenvalue weighted by molar-refractivity contribution is 6.31. The van der Waals surface area contributed by atoms with E-state index in [1.165, 1.54) is 0 Å². The largest absolute Gasteiger partial charge is 0.398 e. The summed E-state index contributed by atoms with van der Waals surface area (Å²) in [5, 5.41) is 0.518. The monoisotopic (exact) mass is 246 g/mol. The Bertz CT molecular complexity index is 581. The first kappa shape index (κ1) is 11.6. The van der Waals surface area contributed by atoms with Crippen LogP contribution in [0.5, 0.6) is 0 Å². The lowest BCUT2D eigenvalue weighted by Gasteiger charge is -2.05. The van der Waals surface area contributed by atoms with Crippen LogP contribution in [-0.2, 0) is 0 Å². The molecule has 0 saturated carbocycles. The van der Waals surface area contributed by atoms with Crippen LogP contribution in [0.25, 0.3) is 0 Å². The van der Waals surface area contributed by atoms with Gasteiger partial charge >= 0.3 is 0 Å². The predicted octanol–water partition coefficient (Wildman–Crippen LogP) is 2.86. The summed E-state index contributed by atoms with van der Waals surface area (Å²) >= 11 is 5.79. The molecule has 0 amide bonds. The van der Waals surface area contributed by atoms with Crippen LogP contribution in [-0.4, -0.2) is 10.8 Å². The number of carbonyl (C=O) groups is 1. The van der Waals surface area contributed by atoms with Crippen LogP contribution in [0, 0.1) is 6.92 Å². The van der Waals surface area contributed by atoms with Gasteiger partial charge in [0.2, 0.25) is 0 Å². The van der Waals surface area contributed by atoms with E-state index in [0.29, 0.717) is 21.8 Å². The molecule has 0 aliphatic rings. The molecule has 0 spiro atoms. The Balaban J connectivity index is 2.44. The van der Waals surface area contributed by atoms with Crippen LogP contribution in [0.1, 0.15) is 21.6 Å². The van der Waals surface area contributed by atoms with Gasteiger partial charge in [0.25, 0.3) is 0 Å². The lowest BCUT2D eigenvalue weighted by atomic mass is 10.0. The van der Waals surface area contributed by atoms with Crippen molar-refractivity contribution in [1.29, 1.82) is 0 Å². The summed E-state index contributed by atoms with van der Waals surface area (Å²) < 4.78 is 0. The summed E-state index contributed by atoms with van der Waals surface area (Å²) in [6.45, 7) is 1.84. The molecular weight excluding hydrogens is 236 g/mol. The number of anilines is 1. The molecule has 0 aliphatic carbocycles. The van der Waals surface area contributed by atoms with E-state index in [2.05, 4.69) is 4.98 Å². The smallest absolute Gasteiger partial charge is 0.195 e. The molecule has 1 aromatic carbocycles. The topological polar surface area (TPSA) is 56.0 Å². The summed E-state index contributed by atoms with van der Waals surface area (Å²) in [6, 6.07) is 8.26. The van der Waals surface area contributed by atoms with Crippen molar-refractivity contribution in [2.24, 2.45) is 0 Å². The van der Waals surface area contributed by atoms with E-state index in [9.17, 15) is 4.79 Å². The third-order valence-electron chi connectivity index (χ3n) is 2.42. The number of nitrogens with two attached hydrogens (primary N) is 1. The van der Waals surface area contributed by atoms with Gasteiger partial charge < -0.3 is 5.73 Å². The Morgan fingerprint density at radius 3 is 2.71 bits per heavy atom. The number of ketones is 1. The fraction of sp³-hybridized carbons (Fsp3) is 0.0769. The van der Waals surface area contributed by atoms with Gasteiger partial charge in [-0.25, -0.2) is 0 Å². The van der Waals surface area contributed by atoms with E-state index in [-0.39, 0.29) is 5.78 Å². The Morgan fingerprint density at radius 1 is 1.29 bits per heavy atom. The molecule has 2 rings (SSSR count). The predicted molar refractivity (Wildman–Crippen MR) is 68.3 cm³/mol. The minimum Gasteiger partial charge on any atom is -0.398 e. The highest BCUT2D eigenvalue weighted by Crippen LogP contribution is 2.21. The average molecular weight is 247 g/mol. The van der Waals surface area contributed by atoms with E-state index in [1.807, 2.05) is 6.92 Å². The molecule has 1 heterocycles. The van der Waals surface area contributed by atoms with Crippen LogP contribution >= 0.6 is 11.6 Å². The fourth-order valence-corrected chi connectivity index (χ4v) is 1.76. The maximum atomic E-state index is 12.2. The normalized spacial score (nSPS) is 10.2. The zero-order valence-electron chi connectivity index (χ0n) is 9.27. The van der Waals surface area contributed by atoms with Crippen LogP contribution in [0.3, 0.4) is 0 Å². The molecule has 0 bridgehead atoms. The molecule has 0 unspecified atom stereocenters. The van der Waals surface area contributed by atoms with Crippen molar-refractivity contribution >= 4 is 23.1 Å². The Hall–Kier alpha value is -1.87. The quantitative estimate of drug-likeness (QED) is 0.655. The van der Waals surface area contributed by atoms with E-state index >= 15 is 0 Å². The van der Waals surface area contributed by atoms with Crippen molar-refractivity contribution in [1.82, 2.24) is 4.98 Å². The number of hydrogen-bond acceptors (Lipinski definition) is 3. The highest BCUT2D eigenvalue weighted by atomic mass is 35.5. The molecule has 0 atom stereocenters. The van der Waals surface area contributed by atoms with Crippen LogP contribution in [0.15, 0.2) is 36.5 Å². The van der Waals surface area contributed by atoms with Gasteiger partial charge in [0.15, 0.2) is 5.78 Å². The zero-order valence-corrected chi connectivity index (χ0v) is 10.0. The van der Waals surface area contributed by atoms with Gasteiger partial charge in [0.1, 0.15) is 0 Å². The molecule has 1 aromatic heterocycles. The molecule has 2 N–H and O–H groups in total. The summed E-state index contributed by atoms with van der Waals surface area (Å²) in [5.41, 5.74) is 7.99. The third kappa shape index (κ3) is 2.45. The van der Waals surface area contributed by atoms with Crippen molar-refractivity contribution < 1.29 is 4.79 Å². The van der Waals surface area contributed by atoms with Gasteiger partial charge in [0, 0.05) is 33.7 Å². The molecule has 17 heavy (non-hydrogen) atoms. The summed E-state index contributed by atoms with van der Waals surface area (Å²) in [5.74, 6) is -0.121. The second kappa shape index (κ2) is 4.55. The molecule has 2 aromatic rings. The van der Waals surface area contributed by atoms with Gasteiger partial charge in [-0.1, -0.05) is 11.6 Å². The summed E-state index contributed by atoms with van der Waals surface area (Å²) in [7, 11) is 0. The number of benzene rings is 1. The number of nitrogens with zero attached hydrogens (tertiary/aromatic N) is 1. The number of pyridine rings is 1. The van der Waals surface area contributed by atoms with Crippen molar-refractivity contribution in [2.75, 3.05) is 5.73 Å². The average Bonchev–Trinajstić information content (AvgIpc) is 2.28. The third-order valence-corrected chi connectivity index (χ3v) is 2.65. The summed E-state index contributed by atoms with van der Waals surface area (Å²) in [4.78, 5) is 16.2. The second-order valence-electron chi connectivity index (χ2n) is 3.75. The van der Waals surface area contributed by atoms with Crippen molar-refractivity contribution in [2.45, 2.75) is 6.92 Å². The minimum absolute atomic E-state index is 0.121. The van der Waals surface area contributed by atoms with Crippen LogP contribution in [0.4, 0.5) is 5.69 Å². The maximum Gasteiger partial charge on any atom is 0.195 e. The number of rotatable bonds is 2. The van der Waals surface area contributed by atoms with Gasteiger partial charge in [-0.15, -0.1) is 0 Å². The van der Waals surface area contributed by atoms with E-state index in [4.69, 9.17) is 17.3 Å². The zero-order chi connectivity index (χ0) is 12.4. The number of halogens is 1. The first-order valence-corrected chi connectivity index (χ1v) is 5.48. The molecule has 0 radical (unpaired) electrons. The molecule has 0 aliphatic heterocycles. The van der Waals surface area contributed by atoms with E-state index in [1.54, 1.807) is 36.5 Å². The first-order chi connectivity index (χ1) is 8.08. The minimum atomic E-state index is -0.121. The SMILES string of the molecule is Cc1cc(C(=O)c2ccc(Cl)cc2N)ccn1. The Kier molecular flexibility index (Phi) is 3.11. The lowest BCUT2D eigenvalue weighted by Crippen LogP contribution is -2.05. The molecule has 0 saturated heterocycles. The van der Waals surface area contributed by atoms with Crippen LogP contribution < -0.4 is 5.73 Å². The summed E-state index contributed by atoms with van der Waals surface area (Å²) in [6.07, 6.45) is 1.61. The molecule has 86 valence electrons. The fourth-order valence-electron chi connectivity index (χ4n) is 1.58. The molecule has 4 heteroatoms. The maximum absolute atomic E-state index is 12.2. The van der Waals surface area contributed by atoms with Crippen molar-refractivity contribution in [3.8, 4) is 0 Å². The van der Waals surface area contributed by atoms with E-state index in [0.717, 1.165) is 5.69 Å². The number of nitrogen functional groups attached to an aromatic ring is 1. The Labute approximate surface area is 104 Å². The molecule has 0 fully saturated rings. The second-order valence-corrected chi connectivity index (χ2v) is 4.18. The first-order valence-electron chi connectivity index (χ1n) is 5.10. The highest BCUT2D eigenvalue weighted by Gasteiger charge is 2.12. The van der Waals surface area contributed by atoms with Crippen molar-refractivity contribution in [3.05, 3.63) is 58.4 Å². The standard InChI is InChI=1S/C13H11ClN2O/c1-8-6-9(4-5-16-8)13(17)11-3-2-10(14)7-12(11)15/h2-7H,15H2,1H3. The van der Waals surface area contributed by atoms with Gasteiger partial charge in [-0.2, -0.15) is 0 Å². The van der Waals surface area contributed by atoms with E-state index < -0.39 is 0 Å². The van der Waals surface area contributed by atoms with Crippen molar-refractivity contribution in [3.63, 3.8) is 0 Å². The Morgan fingerprint density at radius 2 is 2.06 bits per heavy atom. The molecular formula is C13H11ClN2O. The number of aromatic nitrogens is 1. The van der Waals surface area contributed by atoms with Gasteiger partial charge in [-0.3, -0.25) is 9.78 Å². The lowest BCUT2D eigenvalue weighted by molar-refractivity contribution is 0.103.